The summed E-state index contributed by atoms with van der Waals surface area (Å²) in [6.07, 6.45) is 3.71. The fourth-order valence-electron chi connectivity index (χ4n) is 2.88. The number of nitrogens with zero attached hydrogens (tertiary/aromatic N) is 2. The molecule has 5 nitrogen and oxygen atoms in total. The van der Waals surface area contributed by atoms with Gasteiger partial charge in [-0.2, -0.15) is 0 Å². The number of nitrogens with one attached hydrogen (secondary N) is 1. The Labute approximate surface area is 161 Å². The van der Waals surface area contributed by atoms with Crippen LogP contribution in [0.4, 0.5) is 5.69 Å². The molecule has 0 aliphatic heterocycles. The van der Waals surface area contributed by atoms with E-state index in [0.717, 1.165) is 12.8 Å². The number of thiophene rings is 1. The van der Waals surface area contributed by atoms with Gasteiger partial charge in [-0.25, -0.2) is 0 Å². The highest BCUT2D eigenvalue weighted by molar-refractivity contribution is 7.09. The Balaban J connectivity index is 1.44. The average molecular weight is 377 g/mol. The third-order valence-electron chi connectivity index (χ3n) is 4.44. The molecule has 1 aromatic carbocycles. The maximum Gasteiger partial charge on any atom is 0.274 e. The van der Waals surface area contributed by atoms with Gasteiger partial charge in [0, 0.05) is 28.4 Å². The van der Waals surface area contributed by atoms with Crippen LogP contribution in [0.2, 0.25) is 0 Å². The van der Waals surface area contributed by atoms with E-state index in [0.29, 0.717) is 29.5 Å². The minimum absolute atomic E-state index is 0.0357. The lowest BCUT2D eigenvalue weighted by Crippen LogP contribution is -2.32. The number of carbonyl (C=O) groups is 2. The molecule has 2 heterocycles. The minimum atomic E-state index is -0.271. The lowest BCUT2D eigenvalue weighted by Gasteiger charge is -2.22. The number of hydrogen-bond acceptors (Lipinski definition) is 4. The van der Waals surface area contributed by atoms with Crippen molar-refractivity contribution in [2.24, 2.45) is 0 Å². The van der Waals surface area contributed by atoms with Crippen molar-refractivity contribution in [2.75, 3.05) is 5.32 Å². The summed E-state index contributed by atoms with van der Waals surface area (Å²) < 4.78 is 0. The molecule has 27 heavy (non-hydrogen) atoms. The van der Waals surface area contributed by atoms with Crippen LogP contribution in [0.5, 0.6) is 0 Å². The highest BCUT2D eigenvalue weighted by Gasteiger charge is 2.33. The monoisotopic (exact) mass is 377 g/mol. The average Bonchev–Trinajstić information content (AvgIpc) is 3.42. The van der Waals surface area contributed by atoms with E-state index in [-0.39, 0.29) is 11.8 Å². The third kappa shape index (κ3) is 4.23. The Kier molecular flexibility index (Phi) is 4.98. The summed E-state index contributed by atoms with van der Waals surface area (Å²) in [5, 5.41) is 4.83. The Hall–Kier alpha value is -2.99. The molecule has 3 aromatic rings. The van der Waals surface area contributed by atoms with Crippen LogP contribution in [0, 0.1) is 0 Å². The molecule has 0 atom stereocenters. The maximum absolute atomic E-state index is 12.9. The van der Waals surface area contributed by atoms with Gasteiger partial charge < -0.3 is 10.2 Å². The molecule has 0 radical (unpaired) electrons. The van der Waals surface area contributed by atoms with Gasteiger partial charge in [-0.1, -0.05) is 12.1 Å². The summed E-state index contributed by atoms with van der Waals surface area (Å²) in [6, 6.07) is 16.6. The van der Waals surface area contributed by atoms with E-state index in [9.17, 15) is 9.59 Å². The van der Waals surface area contributed by atoms with Gasteiger partial charge in [0.15, 0.2) is 0 Å². The van der Waals surface area contributed by atoms with Crippen molar-refractivity contribution >= 4 is 28.8 Å². The summed E-state index contributed by atoms with van der Waals surface area (Å²) in [6.45, 7) is 0.652. The molecule has 1 aliphatic carbocycles. The van der Waals surface area contributed by atoms with Crippen LogP contribution in [0.25, 0.3) is 0 Å². The molecular weight excluding hydrogens is 358 g/mol. The van der Waals surface area contributed by atoms with Crippen LogP contribution >= 0.6 is 11.3 Å². The quantitative estimate of drug-likeness (QED) is 0.700. The second kappa shape index (κ2) is 7.72. The van der Waals surface area contributed by atoms with Gasteiger partial charge >= 0.3 is 0 Å². The molecule has 1 aliphatic rings. The van der Waals surface area contributed by atoms with E-state index in [4.69, 9.17) is 0 Å². The normalized spacial score (nSPS) is 13.2. The summed E-state index contributed by atoms with van der Waals surface area (Å²) in [5.41, 5.74) is 1.63. The first-order valence-electron chi connectivity index (χ1n) is 8.86. The van der Waals surface area contributed by atoms with Crippen molar-refractivity contribution in [3.63, 3.8) is 0 Å². The smallest absolute Gasteiger partial charge is 0.274 e. The number of amides is 2. The van der Waals surface area contributed by atoms with Gasteiger partial charge in [0.1, 0.15) is 5.69 Å². The molecule has 4 rings (SSSR count). The Morgan fingerprint density at radius 3 is 2.52 bits per heavy atom. The number of pyridine rings is 1. The number of benzene rings is 1. The first kappa shape index (κ1) is 17.4. The van der Waals surface area contributed by atoms with Gasteiger partial charge in [-0.3, -0.25) is 14.6 Å². The standard InChI is InChI=1S/C21H19N3O2S/c25-20(19-5-1-2-12-22-19)23-16-8-6-15(7-9-16)21(26)24(17-10-11-17)14-18-4-3-13-27-18/h1-9,12-13,17H,10-11,14H2,(H,23,25). The highest BCUT2D eigenvalue weighted by atomic mass is 32.1. The molecule has 1 fully saturated rings. The molecule has 1 saturated carbocycles. The molecule has 6 heteroatoms. The van der Waals surface area contributed by atoms with E-state index in [1.54, 1.807) is 60.0 Å². The second-order valence-electron chi connectivity index (χ2n) is 6.49. The molecule has 0 spiro atoms. The van der Waals surface area contributed by atoms with E-state index < -0.39 is 0 Å². The van der Waals surface area contributed by atoms with E-state index in [1.165, 1.54) is 4.88 Å². The van der Waals surface area contributed by atoms with Crippen molar-refractivity contribution in [1.29, 1.82) is 0 Å². The van der Waals surface area contributed by atoms with Crippen molar-refractivity contribution in [3.05, 3.63) is 82.3 Å². The van der Waals surface area contributed by atoms with Crippen LogP contribution in [0.3, 0.4) is 0 Å². The molecule has 0 unspecified atom stereocenters. The van der Waals surface area contributed by atoms with Gasteiger partial charge in [-0.05, 0) is 60.7 Å². The molecule has 1 N–H and O–H groups in total. The summed E-state index contributed by atoms with van der Waals surface area (Å²) in [4.78, 5) is 32.3. The van der Waals surface area contributed by atoms with Crippen molar-refractivity contribution in [3.8, 4) is 0 Å². The zero-order valence-electron chi connectivity index (χ0n) is 14.7. The molecular formula is C21H19N3O2S. The van der Waals surface area contributed by atoms with Crippen LogP contribution in [0.15, 0.2) is 66.2 Å². The number of aromatic nitrogens is 1. The lowest BCUT2D eigenvalue weighted by molar-refractivity contribution is 0.0731. The fourth-order valence-corrected chi connectivity index (χ4v) is 3.58. The number of rotatable bonds is 6. The van der Waals surface area contributed by atoms with Gasteiger partial charge in [-0.15, -0.1) is 11.3 Å². The molecule has 0 saturated heterocycles. The molecule has 136 valence electrons. The van der Waals surface area contributed by atoms with Gasteiger partial charge in [0.25, 0.3) is 11.8 Å². The van der Waals surface area contributed by atoms with Crippen LogP contribution < -0.4 is 5.32 Å². The lowest BCUT2D eigenvalue weighted by atomic mass is 10.1. The minimum Gasteiger partial charge on any atom is -0.331 e. The number of anilines is 1. The zero-order valence-corrected chi connectivity index (χ0v) is 15.5. The van der Waals surface area contributed by atoms with Crippen molar-refractivity contribution in [1.82, 2.24) is 9.88 Å². The zero-order chi connectivity index (χ0) is 18.6. The van der Waals surface area contributed by atoms with Crippen LogP contribution in [-0.4, -0.2) is 27.7 Å². The van der Waals surface area contributed by atoms with Gasteiger partial charge in [0.05, 0.1) is 6.54 Å². The van der Waals surface area contributed by atoms with E-state index in [1.807, 2.05) is 16.3 Å². The third-order valence-corrected chi connectivity index (χ3v) is 5.30. The van der Waals surface area contributed by atoms with E-state index in [2.05, 4.69) is 16.4 Å². The predicted octanol–water partition coefficient (Wildman–Crippen LogP) is 4.20. The van der Waals surface area contributed by atoms with E-state index >= 15 is 0 Å². The topological polar surface area (TPSA) is 62.3 Å². The molecule has 2 aromatic heterocycles. The number of carbonyl (C=O) groups excluding carboxylic acids is 2. The first-order valence-corrected chi connectivity index (χ1v) is 9.74. The number of hydrogen-bond donors (Lipinski definition) is 1. The van der Waals surface area contributed by atoms with Crippen LogP contribution in [0.1, 0.15) is 38.6 Å². The second-order valence-corrected chi connectivity index (χ2v) is 7.52. The Morgan fingerprint density at radius 2 is 1.89 bits per heavy atom. The SMILES string of the molecule is O=C(Nc1ccc(C(=O)N(Cc2cccs2)C2CC2)cc1)c1ccccn1. The molecule has 0 bridgehead atoms. The van der Waals surface area contributed by atoms with Crippen molar-refractivity contribution in [2.45, 2.75) is 25.4 Å². The van der Waals surface area contributed by atoms with Gasteiger partial charge in [0.2, 0.25) is 0 Å². The Morgan fingerprint density at radius 1 is 1.07 bits per heavy atom. The largest absolute Gasteiger partial charge is 0.331 e. The van der Waals surface area contributed by atoms with Crippen molar-refractivity contribution < 1.29 is 9.59 Å². The first-order chi connectivity index (χ1) is 13.2. The highest BCUT2D eigenvalue weighted by Crippen LogP contribution is 2.30. The maximum atomic E-state index is 12.9. The van der Waals surface area contributed by atoms with Crippen LogP contribution in [-0.2, 0) is 6.54 Å². The fraction of sp³-hybridized carbons (Fsp3) is 0.190. The predicted molar refractivity (Wildman–Crippen MR) is 106 cm³/mol. The summed E-state index contributed by atoms with van der Waals surface area (Å²) >= 11 is 1.67. The summed E-state index contributed by atoms with van der Waals surface area (Å²) in [7, 11) is 0. The Bertz CT molecular complexity index is 920. The summed E-state index contributed by atoms with van der Waals surface area (Å²) in [5.74, 6) is -0.236. The molecule has 2 amide bonds.